The molecule has 10 heteroatoms. The number of amides is 1. The third-order valence-electron chi connectivity index (χ3n) is 5.33. The second-order valence-electron chi connectivity index (χ2n) is 8.32. The predicted molar refractivity (Wildman–Crippen MR) is 128 cm³/mol. The first-order valence-electron chi connectivity index (χ1n) is 11.0. The van der Waals surface area contributed by atoms with Crippen molar-refractivity contribution in [2.75, 3.05) is 25.7 Å². The standard InChI is InChI=1S/C24H31N5O5/c1-14(2)29(4)22-11-16(10-15(3)26-22)24-27-23(28-34-24)19-8-7-18(12-20(19)32-5)33-13-17(30)6-9-21(25)31/h7-8,10-12,14,17,30H,6,9,13H2,1-5H3,(H2,25,31)/t17-/m1/s1. The second kappa shape index (κ2) is 11.0. The molecule has 0 spiro atoms. The highest BCUT2D eigenvalue weighted by molar-refractivity contribution is 5.73. The second-order valence-corrected chi connectivity index (χ2v) is 8.32. The normalized spacial score (nSPS) is 12.0. The van der Waals surface area contributed by atoms with Crippen molar-refractivity contribution in [2.24, 2.45) is 5.73 Å². The number of hydrogen-bond donors (Lipinski definition) is 2. The fraction of sp³-hybridized carbons (Fsp3) is 0.417. The van der Waals surface area contributed by atoms with Crippen molar-refractivity contribution in [3.8, 4) is 34.3 Å². The van der Waals surface area contributed by atoms with Gasteiger partial charge >= 0.3 is 0 Å². The first-order chi connectivity index (χ1) is 16.2. The Kier molecular flexibility index (Phi) is 8.06. The number of nitrogens with two attached hydrogens (primary N) is 1. The lowest BCUT2D eigenvalue weighted by atomic mass is 10.1. The molecule has 2 aromatic heterocycles. The number of aliphatic hydroxyl groups is 1. The highest BCUT2D eigenvalue weighted by Gasteiger charge is 2.18. The molecule has 0 unspecified atom stereocenters. The van der Waals surface area contributed by atoms with E-state index in [2.05, 4.69) is 33.9 Å². The van der Waals surface area contributed by atoms with Crippen LogP contribution in [0.4, 0.5) is 5.82 Å². The molecule has 1 atom stereocenters. The fourth-order valence-electron chi connectivity index (χ4n) is 3.20. The summed E-state index contributed by atoms with van der Waals surface area (Å²) in [4.78, 5) is 22.1. The molecule has 34 heavy (non-hydrogen) atoms. The van der Waals surface area contributed by atoms with Gasteiger partial charge in [-0.2, -0.15) is 4.98 Å². The molecule has 0 aliphatic heterocycles. The number of nitrogens with zero attached hydrogens (tertiary/aromatic N) is 4. The molecule has 3 N–H and O–H groups in total. The first kappa shape index (κ1) is 25.0. The Balaban J connectivity index is 1.79. The van der Waals surface area contributed by atoms with Gasteiger partial charge in [-0.05, 0) is 51.5 Å². The Hall–Kier alpha value is -3.66. The number of aryl methyl sites for hydroxylation is 1. The number of primary amides is 1. The molecule has 0 bridgehead atoms. The lowest BCUT2D eigenvalue weighted by Crippen LogP contribution is -2.26. The van der Waals surface area contributed by atoms with Gasteiger partial charge < -0.3 is 29.7 Å². The zero-order valence-electron chi connectivity index (χ0n) is 20.1. The fourth-order valence-corrected chi connectivity index (χ4v) is 3.20. The van der Waals surface area contributed by atoms with Gasteiger partial charge in [-0.25, -0.2) is 4.98 Å². The van der Waals surface area contributed by atoms with Crippen molar-refractivity contribution in [1.29, 1.82) is 0 Å². The quantitative estimate of drug-likeness (QED) is 0.434. The van der Waals surface area contributed by atoms with Crippen molar-refractivity contribution in [2.45, 2.75) is 45.8 Å². The van der Waals surface area contributed by atoms with Crippen molar-refractivity contribution in [3.63, 3.8) is 0 Å². The Morgan fingerprint density at radius 1 is 1.24 bits per heavy atom. The van der Waals surface area contributed by atoms with E-state index in [1.165, 1.54) is 7.11 Å². The zero-order valence-corrected chi connectivity index (χ0v) is 20.1. The van der Waals surface area contributed by atoms with Crippen LogP contribution in [0.3, 0.4) is 0 Å². The number of rotatable bonds is 11. The summed E-state index contributed by atoms with van der Waals surface area (Å²) in [5.41, 5.74) is 7.35. The van der Waals surface area contributed by atoms with E-state index in [0.717, 1.165) is 17.1 Å². The van der Waals surface area contributed by atoms with Gasteiger partial charge in [-0.1, -0.05) is 5.16 Å². The van der Waals surface area contributed by atoms with E-state index >= 15 is 0 Å². The van der Waals surface area contributed by atoms with E-state index in [0.29, 0.717) is 28.8 Å². The highest BCUT2D eigenvalue weighted by atomic mass is 16.5. The third kappa shape index (κ3) is 6.22. The predicted octanol–water partition coefficient (Wildman–Crippen LogP) is 2.97. The summed E-state index contributed by atoms with van der Waals surface area (Å²) >= 11 is 0. The highest BCUT2D eigenvalue weighted by Crippen LogP contribution is 2.33. The number of methoxy groups -OCH3 is 1. The molecule has 1 aromatic carbocycles. The van der Waals surface area contributed by atoms with Crippen LogP contribution in [-0.4, -0.2) is 59.0 Å². The summed E-state index contributed by atoms with van der Waals surface area (Å²) in [6.45, 7) is 6.13. The van der Waals surface area contributed by atoms with Gasteiger partial charge in [0.05, 0.1) is 18.8 Å². The average molecular weight is 470 g/mol. The van der Waals surface area contributed by atoms with Crippen molar-refractivity contribution < 1.29 is 23.9 Å². The Morgan fingerprint density at radius 3 is 2.68 bits per heavy atom. The molecule has 3 aromatic rings. The van der Waals surface area contributed by atoms with Crippen LogP contribution in [0.15, 0.2) is 34.9 Å². The van der Waals surface area contributed by atoms with E-state index in [4.69, 9.17) is 19.7 Å². The van der Waals surface area contributed by atoms with Crippen molar-refractivity contribution in [1.82, 2.24) is 15.1 Å². The maximum absolute atomic E-state index is 10.8. The van der Waals surface area contributed by atoms with Crippen LogP contribution in [-0.2, 0) is 4.79 Å². The lowest BCUT2D eigenvalue weighted by molar-refractivity contribution is -0.118. The molecular weight excluding hydrogens is 438 g/mol. The van der Waals surface area contributed by atoms with E-state index in [-0.39, 0.29) is 25.5 Å². The minimum absolute atomic E-state index is 0.0245. The molecule has 0 fully saturated rings. The van der Waals surface area contributed by atoms with Crippen LogP contribution >= 0.6 is 0 Å². The van der Waals surface area contributed by atoms with E-state index in [9.17, 15) is 9.90 Å². The number of benzene rings is 1. The summed E-state index contributed by atoms with van der Waals surface area (Å²) in [5, 5.41) is 14.1. The number of anilines is 1. The maximum atomic E-state index is 10.8. The number of carbonyl (C=O) groups is 1. The van der Waals surface area contributed by atoms with Gasteiger partial charge in [0.2, 0.25) is 11.7 Å². The maximum Gasteiger partial charge on any atom is 0.258 e. The number of aromatic nitrogens is 3. The minimum atomic E-state index is -0.804. The van der Waals surface area contributed by atoms with Crippen LogP contribution < -0.4 is 20.1 Å². The smallest absolute Gasteiger partial charge is 0.258 e. The molecule has 1 amide bonds. The van der Waals surface area contributed by atoms with E-state index in [1.54, 1.807) is 18.2 Å². The van der Waals surface area contributed by atoms with Gasteiger partial charge in [0.25, 0.3) is 5.89 Å². The molecule has 10 nitrogen and oxygen atoms in total. The van der Waals surface area contributed by atoms with Gasteiger partial charge in [0.15, 0.2) is 0 Å². The minimum Gasteiger partial charge on any atom is -0.496 e. The Morgan fingerprint density at radius 2 is 2.00 bits per heavy atom. The largest absolute Gasteiger partial charge is 0.496 e. The van der Waals surface area contributed by atoms with Crippen molar-refractivity contribution >= 4 is 11.7 Å². The zero-order chi connectivity index (χ0) is 24.8. The molecule has 0 saturated heterocycles. The topological polar surface area (TPSA) is 137 Å². The third-order valence-corrected chi connectivity index (χ3v) is 5.33. The molecule has 0 aliphatic carbocycles. The Bertz CT molecular complexity index is 1130. The SMILES string of the molecule is COc1cc(OC[C@H](O)CCC(N)=O)ccc1-c1noc(-c2cc(C)nc(N(C)C(C)C)c2)n1. The van der Waals surface area contributed by atoms with Crippen LogP contribution in [0, 0.1) is 6.92 Å². The molecule has 3 rings (SSSR count). The van der Waals surface area contributed by atoms with E-state index in [1.807, 2.05) is 26.1 Å². The number of carbonyl (C=O) groups excluding carboxylic acids is 1. The number of ether oxygens (including phenoxy) is 2. The van der Waals surface area contributed by atoms with Crippen LogP contribution in [0.1, 0.15) is 32.4 Å². The summed E-state index contributed by atoms with van der Waals surface area (Å²) in [6, 6.07) is 9.26. The summed E-state index contributed by atoms with van der Waals surface area (Å²) < 4.78 is 16.7. The summed E-state index contributed by atoms with van der Waals surface area (Å²) in [5.74, 6) is 2.08. The lowest BCUT2D eigenvalue weighted by Gasteiger charge is -2.23. The van der Waals surface area contributed by atoms with Gasteiger partial charge in [0, 0.05) is 36.8 Å². The molecule has 2 heterocycles. The molecule has 182 valence electrons. The van der Waals surface area contributed by atoms with Gasteiger partial charge in [-0.15, -0.1) is 0 Å². The molecule has 0 aliphatic rings. The number of pyridine rings is 1. The molecule has 0 saturated carbocycles. The van der Waals surface area contributed by atoms with E-state index < -0.39 is 12.0 Å². The van der Waals surface area contributed by atoms with Crippen LogP contribution in [0.25, 0.3) is 22.8 Å². The van der Waals surface area contributed by atoms with Gasteiger partial charge in [-0.3, -0.25) is 4.79 Å². The number of aliphatic hydroxyl groups excluding tert-OH is 1. The molecular formula is C24H31N5O5. The van der Waals surface area contributed by atoms with Crippen LogP contribution in [0.2, 0.25) is 0 Å². The number of hydrogen-bond acceptors (Lipinski definition) is 9. The Labute approximate surface area is 198 Å². The van der Waals surface area contributed by atoms with Crippen LogP contribution in [0.5, 0.6) is 11.5 Å². The summed E-state index contributed by atoms with van der Waals surface area (Å²) in [7, 11) is 3.52. The summed E-state index contributed by atoms with van der Waals surface area (Å²) in [6.07, 6.45) is -0.472. The first-order valence-corrected chi connectivity index (χ1v) is 11.0. The van der Waals surface area contributed by atoms with Crippen molar-refractivity contribution in [3.05, 3.63) is 36.0 Å². The van der Waals surface area contributed by atoms with Gasteiger partial charge in [0.1, 0.15) is 23.9 Å². The molecule has 0 radical (unpaired) electrons. The monoisotopic (exact) mass is 469 g/mol. The average Bonchev–Trinajstić information content (AvgIpc) is 3.30.